The number of ether oxygens (including phenoxy) is 1. The third kappa shape index (κ3) is 1.82. The Kier molecular flexibility index (Phi) is 2.40. The van der Waals surface area contributed by atoms with E-state index in [1.54, 1.807) is 6.92 Å². The lowest BCUT2D eigenvalue weighted by Crippen LogP contribution is -2.06. The molecule has 0 amide bonds. The van der Waals surface area contributed by atoms with Gasteiger partial charge in [0, 0.05) is 0 Å². The number of carbonyl (C=O) groups is 1. The van der Waals surface area contributed by atoms with E-state index < -0.39 is 5.97 Å². The summed E-state index contributed by atoms with van der Waals surface area (Å²) in [6, 6.07) is 0. The topological polar surface area (TPSA) is 107 Å². The average molecular weight is 209 g/mol. The van der Waals surface area contributed by atoms with Gasteiger partial charge in [-0.05, 0) is 12.1 Å². The van der Waals surface area contributed by atoms with Gasteiger partial charge in [0.2, 0.25) is 0 Å². The van der Waals surface area contributed by atoms with Crippen molar-refractivity contribution in [1.29, 1.82) is 0 Å². The Balaban J connectivity index is 2.21. The fourth-order valence-electron chi connectivity index (χ4n) is 0.911. The first-order valence-corrected chi connectivity index (χ1v) is 4.18. The van der Waals surface area contributed by atoms with E-state index in [-0.39, 0.29) is 18.3 Å². The number of aromatic amines is 1. The minimum absolute atomic E-state index is 0.117. The highest BCUT2D eigenvalue weighted by atomic mass is 16.5. The van der Waals surface area contributed by atoms with Crippen LogP contribution in [-0.4, -0.2) is 38.1 Å². The van der Waals surface area contributed by atoms with Crippen molar-refractivity contribution in [1.82, 2.24) is 25.6 Å². The minimum Gasteiger partial charge on any atom is -0.460 e. The number of esters is 1. The fourth-order valence-corrected chi connectivity index (χ4v) is 0.911. The normalized spacial score (nSPS) is 10.2. The third-order valence-electron chi connectivity index (χ3n) is 1.52. The highest BCUT2D eigenvalue weighted by molar-refractivity contribution is 5.85. The number of aromatic nitrogens is 5. The largest absolute Gasteiger partial charge is 0.460 e. The van der Waals surface area contributed by atoms with E-state index in [9.17, 15) is 4.79 Å². The van der Waals surface area contributed by atoms with E-state index in [1.807, 2.05) is 0 Å². The van der Waals surface area contributed by atoms with E-state index in [1.165, 1.54) is 6.20 Å². The van der Waals surface area contributed by atoms with Crippen LogP contribution >= 0.6 is 0 Å². The van der Waals surface area contributed by atoms with Crippen LogP contribution in [0.1, 0.15) is 17.5 Å². The molecule has 0 spiro atoms. The molecule has 0 bridgehead atoms. The predicted octanol–water partition coefficient (Wildman–Crippen LogP) is 0.0314. The Hall–Kier alpha value is -2.25. The zero-order valence-electron chi connectivity index (χ0n) is 7.80. The molecule has 0 aliphatic carbocycles. The van der Waals surface area contributed by atoms with E-state index in [2.05, 4.69) is 25.6 Å². The fraction of sp³-hybridized carbons (Fsp3) is 0.286. The number of carbonyl (C=O) groups excluding carboxylic acids is 1. The van der Waals surface area contributed by atoms with Gasteiger partial charge in [0.05, 0.1) is 12.8 Å². The van der Waals surface area contributed by atoms with Crippen molar-refractivity contribution in [3.63, 3.8) is 0 Å². The summed E-state index contributed by atoms with van der Waals surface area (Å²) < 4.78 is 9.48. The number of nitrogens with zero attached hydrogens (tertiary/aromatic N) is 4. The Morgan fingerprint density at radius 3 is 3.20 bits per heavy atom. The number of rotatable bonds is 3. The van der Waals surface area contributed by atoms with Crippen molar-refractivity contribution in [2.75, 3.05) is 6.61 Å². The smallest absolute Gasteiger partial charge is 0.379 e. The van der Waals surface area contributed by atoms with Gasteiger partial charge < -0.3 is 9.26 Å². The van der Waals surface area contributed by atoms with Gasteiger partial charge in [-0.15, -0.1) is 0 Å². The molecule has 0 saturated carbocycles. The minimum atomic E-state index is -0.629. The van der Waals surface area contributed by atoms with Crippen LogP contribution < -0.4 is 0 Å². The maximum Gasteiger partial charge on any atom is 0.379 e. The quantitative estimate of drug-likeness (QED) is 0.710. The summed E-state index contributed by atoms with van der Waals surface area (Å²) in [5.74, 6) is -0.641. The standard InChI is InChI=1S/C7H7N5O3/c1-2-14-7(13)5-9-6(15-11-5)4-3-8-12-10-4/h3H,2H2,1H3,(H,8,10,12). The lowest BCUT2D eigenvalue weighted by Gasteiger charge is -1.93. The zero-order valence-corrected chi connectivity index (χ0v) is 7.80. The van der Waals surface area contributed by atoms with Crippen LogP contribution in [-0.2, 0) is 4.74 Å². The second-order valence-electron chi connectivity index (χ2n) is 2.50. The molecule has 0 fully saturated rings. The summed E-state index contributed by atoms with van der Waals surface area (Å²) >= 11 is 0. The van der Waals surface area contributed by atoms with Gasteiger partial charge >= 0.3 is 5.97 Å². The molecule has 2 aromatic heterocycles. The van der Waals surface area contributed by atoms with Crippen LogP contribution in [0.25, 0.3) is 11.6 Å². The molecular formula is C7H7N5O3. The van der Waals surface area contributed by atoms with Crippen LogP contribution in [0.4, 0.5) is 0 Å². The Labute approximate surface area is 83.6 Å². The molecule has 2 heterocycles. The molecular weight excluding hydrogens is 202 g/mol. The molecule has 0 aliphatic heterocycles. The van der Waals surface area contributed by atoms with Crippen molar-refractivity contribution in [2.24, 2.45) is 0 Å². The molecule has 15 heavy (non-hydrogen) atoms. The maximum atomic E-state index is 11.2. The van der Waals surface area contributed by atoms with Gasteiger partial charge in [-0.3, -0.25) is 0 Å². The molecule has 0 atom stereocenters. The van der Waals surface area contributed by atoms with Crippen molar-refractivity contribution < 1.29 is 14.1 Å². The average Bonchev–Trinajstić information content (AvgIpc) is 2.89. The molecule has 0 aromatic carbocycles. The lowest BCUT2D eigenvalue weighted by molar-refractivity contribution is 0.0508. The number of hydrogen-bond acceptors (Lipinski definition) is 7. The van der Waals surface area contributed by atoms with Crippen molar-refractivity contribution in [3.05, 3.63) is 12.0 Å². The van der Waals surface area contributed by atoms with Crippen molar-refractivity contribution in [2.45, 2.75) is 6.92 Å². The summed E-state index contributed by atoms with van der Waals surface area (Å²) in [5.41, 5.74) is 0.373. The first kappa shape index (κ1) is 9.31. The lowest BCUT2D eigenvalue weighted by atomic mass is 10.5. The highest BCUT2D eigenvalue weighted by Crippen LogP contribution is 2.11. The van der Waals surface area contributed by atoms with Gasteiger partial charge in [-0.2, -0.15) is 20.4 Å². The van der Waals surface area contributed by atoms with Gasteiger partial charge in [-0.25, -0.2) is 4.79 Å². The Morgan fingerprint density at radius 2 is 2.53 bits per heavy atom. The van der Waals surface area contributed by atoms with Gasteiger partial charge in [0.15, 0.2) is 5.69 Å². The molecule has 0 unspecified atom stereocenters. The SMILES string of the molecule is CCOC(=O)c1noc(-c2cn[nH]n2)n1. The molecule has 78 valence electrons. The molecule has 2 aromatic rings. The molecule has 0 saturated heterocycles. The second kappa shape index (κ2) is 3.86. The van der Waals surface area contributed by atoms with Crippen LogP contribution in [0.15, 0.2) is 10.7 Å². The molecule has 2 rings (SSSR count). The molecule has 1 N–H and O–H groups in total. The van der Waals surface area contributed by atoms with E-state index in [0.717, 1.165) is 0 Å². The third-order valence-corrected chi connectivity index (χ3v) is 1.52. The molecule has 0 aliphatic rings. The summed E-state index contributed by atoms with van der Waals surface area (Å²) in [5, 5.41) is 13.1. The number of nitrogens with one attached hydrogen (secondary N) is 1. The van der Waals surface area contributed by atoms with E-state index in [0.29, 0.717) is 5.69 Å². The first-order valence-electron chi connectivity index (χ1n) is 4.18. The monoisotopic (exact) mass is 209 g/mol. The molecule has 8 nitrogen and oxygen atoms in total. The first-order chi connectivity index (χ1) is 7.31. The van der Waals surface area contributed by atoms with E-state index >= 15 is 0 Å². The summed E-state index contributed by atoms with van der Waals surface area (Å²) in [6.45, 7) is 1.95. The van der Waals surface area contributed by atoms with Crippen LogP contribution in [0.5, 0.6) is 0 Å². The zero-order chi connectivity index (χ0) is 10.7. The molecule has 8 heteroatoms. The maximum absolute atomic E-state index is 11.2. The Morgan fingerprint density at radius 1 is 1.67 bits per heavy atom. The van der Waals surface area contributed by atoms with Crippen molar-refractivity contribution >= 4 is 5.97 Å². The number of hydrogen-bond donors (Lipinski definition) is 1. The van der Waals surface area contributed by atoms with Gasteiger partial charge in [0.25, 0.3) is 11.7 Å². The highest BCUT2D eigenvalue weighted by Gasteiger charge is 2.17. The van der Waals surface area contributed by atoms with Crippen molar-refractivity contribution in [3.8, 4) is 11.6 Å². The molecule has 0 radical (unpaired) electrons. The van der Waals surface area contributed by atoms with Gasteiger partial charge in [0.1, 0.15) is 0 Å². The number of H-pyrrole nitrogens is 1. The Bertz CT molecular complexity index is 449. The van der Waals surface area contributed by atoms with Gasteiger partial charge in [-0.1, -0.05) is 0 Å². The van der Waals surface area contributed by atoms with Crippen LogP contribution in [0, 0.1) is 0 Å². The predicted molar refractivity (Wildman–Crippen MR) is 45.6 cm³/mol. The van der Waals surface area contributed by atoms with Crippen LogP contribution in [0.3, 0.4) is 0 Å². The van der Waals surface area contributed by atoms with Crippen LogP contribution in [0.2, 0.25) is 0 Å². The van der Waals surface area contributed by atoms with E-state index in [4.69, 9.17) is 9.26 Å². The second-order valence-corrected chi connectivity index (χ2v) is 2.50. The summed E-state index contributed by atoms with van der Waals surface area (Å²) in [6.07, 6.45) is 1.41. The summed E-state index contributed by atoms with van der Waals surface area (Å²) in [7, 11) is 0. The summed E-state index contributed by atoms with van der Waals surface area (Å²) in [4.78, 5) is 15.0.